The maximum Gasteiger partial charge on any atom is 0.0510 e. The van der Waals surface area contributed by atoms with Gasteiger partial charge in [-0.25, -0.2) is 0 Å². The molecular weight excluding hydrogens is 224 g/mol. The molecule has 0 aliphatic carbocycles. The number of nitrogens with zero attached hydrogens (tertiary/aromatic N) is 1. The zero-order valence-corrected chi connectivity index (χ0v) is 12.4. The Morgan fingerprint density at radius 2 is 2.06 bits per heavy atom. The van der Waals surface area contributed by atoms with Crippen molar-refractivity contribution in [3.63, 3.8) is 0 Å². The van der Waals surface area contributed by atoms with Crippen molar-refractivity contribution in [2.75, 3.05) is 32.8 Å². The molecule has 0 spiro atoms. The third-order valence-corrected chi connectivity index (χ3v) is 4.73. The molecule has 1 N–H and O–H groups in total. The summed E-state index contributed by atoms with van der Waals surface area (Å²) >= 11 is 0. The molecule has 106 valence electrons. The van der Waals surface area contributed by atoms with Crippen LogP contribution in [0.25, 0.3) is 0 Å². The van der Waals surface area contributed by atoms with Crippen LogP contribution in [-0.4, -0.2) is 49.3 Å². The first-order valence-corrected chi connectivity index (χ1v) is 7.72. The summed E-state index contributed by atoms with van der Waals surface area (Å²) < 4.78 is 5.62. The average Bonchev–Trinajstić information content (AvgIpc) is 3.02. The van der Waals surface area contributed by atoms with Gasteiger partial charge in [-0.3, -0.25) is 4.90 Å². The van der Waals surface area contributed by atoms with Crippen molar-refractivity contribution in [2.24, 2.45) is 5.92 Å². The maximum absolute atomic E-state index is 5.62. The minimum absolute atomic E-state index is 0.254. The first-order chi connectivity index (χ1) is 8.66. The molecule has 3 nitrogen and oxygen atoms in total. The van der Waals surface area contributed by atoms with E-state index in [0.717, 1.165) is 19.8 Å². The van der Waals surface area contributed by atoms with Crippen LogP contribution in [0, 0.1) is 5.92 Å². The van der Waals surface area contributed by atoms with E-state index in [1.54, 1.807) is 0 Å². The molecule has 2 heterocycles. The average molecular weight is 254 g/mol. The highest BCUT2D eigenvalue weighted by Gasteiger charge is 2.41. The van der Waals surface area contributed by atoms with Crippen molar-refractivity contribution < 1.29 is 4.74 Å². The lowest BCUT2D eigenvalue weighted by Gasteiger charge is -2.45. The highest BCUT2D eigenvalue weighted by molar-refractivity contribution is 4.99. The van der Waals surface area contributed by atoms with E-state index in [1.807, 2.05) is 0 Å². The van der Waals surface area contributed by atoms with Crippen LogP contribution in [0.3, 0.4) is 0 Å². The van der Waals surface area contributed by atoms with Crippen molar-refractivity contribution in [1.82, 2.24) is 10.2 Å². The second kappa shape index (κ2) is 6.36. The Labute approximate surface area is 112 Å². The Balaban J connectivity index is 2.04. The van der Waals surface area contributed by atoms with E-state index in [2.05, 4.69) is 31.0 Å². The first kappa shape index (κ1) is 14.3. The predicted octanol–water partition coefficient (Wildman–Crippen LogP) is 2.27. The lowest BCUT2D eigenvalue weighted by Crippen LogP contribution is -2.60. The second-order valence-electron chi connectivity index (χ2n) is 6.40. The highest BCUT2D eigenvalue weighted by atomic mass is 16.5. The third kappa shape index (κ3) is 3.06. The van der Waals surface area contributed by atoms with Crippen molar-refractivity contribution in [1.29, 1.82) is 0 Å². The summed E-state index contributed by atoms with van der Waals surface area (Å²) in [7, 11) is 0. The molecule has 3 heteroatoms. The van der Waals surface area contributed by atoms with Gasteiger partial charge in [-0.1, -0.05) is 6.92 Å². The van der Waals surface area contributed by atoms with Crippen LogP contribution in [-0.2, 0) is 4.74 Å². The Kier molecular flexibility index (Phi) is 5.05. The summed E-state index contributed by atoms with van der Waals surface area (Å²) in [6.45, 7) is 12.6. The van der Waals surface area contributed by atoms with E-state index in [1.165, 1.54) is 38.8 Å². The molecular formula is C15H30N2O. The number of hydrogen-bond donors (Lipinski definition) is 1. The van der Waals surface area contributed by atoms with Gasteiger partial charge in [0.15, 0.2) is 0 Å². The van der Waals surface area contributed by atoms with Gasteiger partial charge >= 0.3 is 0 Å². The summed E-state index contributed by atoms with van der Waals surface area (Å²) in [6, 6.07) is 0.568. The van der Waals surface area contributed by atoms with Gasteiger partial charge in [0.25, 0.3) is 0 Å². The van der Waals surface area contributed by atoms with Crippen LogP contribution in [0.5, 0.6) is 0 Å². The largest absolute Gasteiger partial charge is 0.381 e. The molecule has 2 saturated heterocycles. The molecule has 2 aliphatic heterocycles. The molecule has 2 rings (SSSR count). The molecule has 0 aromatic rings. The quantitative estimate of drug-likeness (QED) is 0.787. The Bertz CT molecular complexity index is 243. The summed E-state index contributed by atoms with van der Waals surface area (Å²) in [5, 5.41) is 3.81. The van der Waals surface area contributed by atoms with Gasteiger partial charge in [-0.2, -0.15) is 0 Å². The minimum atomic E-state index is 0.254. The van der Waals surface area contributed by atoms with Crippen LogP contribution in [0.4, 0.5) is 0 Å². The summed E-state index contributed by atoms with van der Waals surface area (Å²) in [5.41, 5.74) is 0.254. The van der Waals surface area contributed by atoms with Crippen LogP contribution in [0.2, 0.25) is 0 Å². The molecule has 0 radical (unpaired) electrons. The van der Waals surface area contributed by atoms with E-state index < -0.39 is 0 Å². The number of hydrogen-bond acceptors (Lipinski definition) is 3. The number of nitrogens with one attached hydrogen (secondary N) is 1. The maximum atomic E-state index is 5.62. The zero-order chi connectivity index (χ0) is 13.0. The van der Waals surface area contributed by atoms with Crippen LogP contribution < -0.4 is 5.32 Å². The minimum Gasteiger partial charge on any atom is -0.381 e. The molecule has 2 aliphatic rings. The highest BCUT2D eigenvalue weighted by Crippen LogP contribution is 2.31. The van der Waals surface area contributed by atoms with E-state index in [9.17, 15) is 0 Å². The lowest BCUT2D eigenvalue weighted by atomic mass is 9.82. The standard InChI is InChI=1S/C15H30N2O/c1-4-8-16-14(13-7-11-18-12-13)15(2,3)17-9-5-6-10-17/h13-14,16H,4-12H2,1-3H3. The van der Waals surface area contributed by atoms with Gasteiger partial charge in [-0.05, 0) is 59.2 Å². The summed E-state index contributed by atoms with van der Waals surface area (Å²) in [4.78, 5) is 2.68. The molecule has 2 fully saturated rings. The Morgan fingerprint density at radius 3 is 2.61 bits per heavy atom. The predicted molar refractivity (Wildman–Crippen MR) is 75.9 cm³/mol. The Hall–Kier alpha value is -0.120. The molecule has 2 unspecified atom stereocenters. The lowest BCUT2D eigenvalue weighted by molar-refractivity contribution is 0.0705. The van der Waals surface area contributed by atoms with Crippen LogP contribution in [0.15, 0.2) is 0 Å². The second-order valence-corrected chi connectivity index (χ2v) is 6.40. The van der Waals surface area contributed by atoms with Gasteiger partial charge < -0.3 is 10.1 Å². The molecule has 0 amide bonds. The fraction of sp³-hybridized carbons (Fsp3) is 1.00. The molecule has 0 saturated carbocycles. The van der Waals surface area contributed by atoms with E-state index in [0.29, 0.717) is 12.0 Å². The first-order valence-electron chi connectivity index (χ1n) is 7.72. The van der Waals surface area contributed by atoms with Crippen LogP contribution in [0.1, 0.15) is 46.5 Å². The van der Waals surface area contributed by atoms with Crippen molar-refractivity contribution in [3.05, 3.63) is 0 Å². The zero-order valence-electron chi connectivity index (χ0n) is 12.4. The van der Waals surface area contributed by atoms with Crippen molar-refractivity contribution in [3.8, 4) is 0 Å². The van der Waals surface area contributed by atoms with E-state index >= 15 is 0 Å². The molecule has 0 aromatic heterocycles. The molecule has 0 bridgehead atoms. The van der Waals surface area contributed by atoms with Crippen LogP contribution >= 0.6 is 0 Å². The molecule has 2 atom stereocenters. The topological polar surface area (TPSA) is 24.5 Å². The fourth-order valence-corrected chi connectivity index (χ4v) is 3.60. The Morgan fingerprint density at radius 1 is 1.33 bits per heavy atom. The monoisotopic (exact) mass is 254 g/mol. The normalized spacial score (nSPS) is 27.8. The van der Waals surface area contributed by atoms with Gasteiger partial charge in [0.05, 0.1) is 6.61 Å². The summed E-state index contributed by atoms with van der Waals surface area (Å²) in [5.74, 6) is 0.687. The smallest absolute Gasteiger partial charge is 0.0510 e. The van der Waals surface area contributed by atoms with Crippen molar-refractivity contribution >= 4 is 0 Å². The van der Waals surface area contributed by atoms with E-state index in [-0.39, 0.29) is 5.54 Å². The van der Waals surface area contributed by atoms with Gasteiger partial charge in [0, 0.05) is 24.1 Å². The van der Waals surface area contributed by atoms with E-state index in [4.69, 9.17) is 4.74 Å². The number of rotatable bonds is 6. The number of likely N-dealkylation sites (tertiary alicyclic amines) is 1. The van der Waals surface area contributed by atoms with Crippen molar-refractivity contribution in [2.45, 2.75) is 58.0 Å². The SMILES string of the molecule is CCCNC(C1CCOC1)C(C)(C)N1CCCC1. The fourth-order valence-electron chi connectivity index (χ4n) is 3.60. The molecule has 0 aromatic carbocycles. The van der Waals surface area contributed by atoms with Gasteiger partial charge in [0.2, 0.25) is 0 Å². The third-order valence-electron chi connectivity index (χ3n) is 4.73. The number of ether oxygens (including phenoxy) is 1. The molecule has 18 heavy (non-hydrogen) atoms. The summed E-state index contributed by atoms with van der Waals surface area (Å²) in [6.07, 6.45) is 5.16. The van der Waals surface area contributed by atoms with Gasteiger partial charge in [0.1, 0.15) is 0 Å². The van der Waals surface area contributed by atoms with Gasteiger partial charge in [-0.15, -0.1) is 0 Å².